The van der Waals surface area contributed by atoms with Gasteiger partial charge in [0.15, 0.2) is 16.3 Å². The number of aryl methyl sites for hydroxylation is 1. The summed E-state index contributed by atoms with van der Waals surface area (Å²) in [6.45, 7) is 5.86. The van der Waals surface area contributed by atoms with Crippen LogP contribution in [0.15, 0.2) is 87.8 Å². The van der Waals surface area contributed by atoms with Gasteiger partial charge in [-0.2, -0.15) is 0 Å². The largest absolute Gasteiger partial charge is 0.493 e. The van der Waals surface area contributed by atoms with Gasteiger partial charge in [-0.05, 0) is 67.8 Å². The number of non-ortho nitro benzene ring substituents is 1. The number of fused-ring (bicyclic) bond motifs is 1. The van der Waals surface area contributed by atoms with Crippen molar-refractivity contribution in [1.82, 2.24) is 4.57 Å². The molecule has 5 rings (SSSR count). The van der Waals surface area contributed by atoms with Gasteiger partial charge in [-0.1, -0.05) is 47.2 Å². The predicted molar refractivity (Wildman–Crippen MR) is 162 cm³/mol. The molecule has 1 aliphatic heterocycles. The standard InChI is InChI=1S/C32H29N3O7S/c1-5-41-31(37)28-20(3)33-32-34(29(28)23-11-6-19(2)7-12-23)30(36)27(43-32)17-22-10-15-25(26(16-22)40-4)42-18-21-8-13-24(14-9-21)35(38)39/h6-17,29H,5,18H2,1-4H3/b27-17-/t29-/m0/s1. The van der Waals surface area contributed by atoms with Crippen LogP contribution in [0.5, 0.6) is 11.5 Å². The number of methoxy groups -OCH3 is 1. The van der Waals surface area contributed by atoms with E-state index in [1.807, 2.05) is 31.2 Å². The van der Waals surface area contributed by atoms with Crippen molar-refractivity contribution in [3.63, 3.8) is 0 Å². The van der Waals surface area contributed by atoms with Gasteiger partial charge in [0, 0.05) is 12.1 Å². The third-order valence-corrected chi connectivity index (χ3v) is 7.92. The van der Waals surface area contributed by atoms with Gasteiger partial charge in [-0.3, -0.25) is 19.5 Å². The van der Waals surface area contributed by atoms with Gasteiger partial charge in [0.1, 0.15) is 6.61 Å². The number of nitrogens with zero attached hydrogens (tertiary/aromatic N) is 3. The summed E-state index contributed by atoms with van der Waals surface area (Å²) in [7, 11) is 1.52. The van der Waals surface area contributed by atoms with Gasteiger partial charge in [-0.25, -0.2) is 9.79 Å². The summed E-state index contributed by atoms with van der Waals surface area (Å²) in [6.07, 6.45) is 1.75. The lowest BCUT2D eigenvalue weighted by Crippen LogP contribution is -2.39. The lowest BCUT2D eigenvalue weighted by Gasteiger charge is -2.24. The first kappa shape index (κ1) is 29.5. The maximum atomic E-state index is 13.9. The van der Waals surface area contributed by atoms with Gasteiger partial charge >= 0.3 is 5.97 Å². The molecule has 10 nitrogen and oxygen atoms in total. The SMILES string of the molecule is CCOC(=O)C1=C(C)N=c2s/c(=C\c3ccc(OCc4ccc([N+](=O)[O-])cc4)c(OC)c3)c(=O)n2[C@H]1c1ccc(C)cc1. The van der Waals surface area contributed by atoms with E-state index in [-0.39, 0.29) is 24.5 Å². The van der Waals surface area contributed by atoms with Crippen molar-refractivity contribution in [3.05, 3.63) is 130 Å². The minimum absolute atomic E-state index is 0.00780. The molecule has 0 aliphatic carbocycles. The number of hydrogen-bond donors (Lipinski definition) is 0. The molecule has 0 spiro atoms. The number of carbonyl (C=O) groups excluding carboxylic acids is 1. The number of ether oxygens (including phenoxy) is 3. The second kappa shape index (κ2) is 12.5. The van der Waals surface area contributed by atoms with Crippen molar-refractivity contribution in [1.29, 1.82) is 0 Å². The van der Waals surface area contributed by atoms with Crippen molar-refractivity contribution in [3.8, 4) is 11.5 Å². The van der Waals surface area contributed by atoms with E-state index in [9.17, 15) is 19.7 Å². The van der Waals surface area contributed by atoms with Crippen LogP contribution >= 0.6 is 11.3 Å². The highest BCUT2D eigenvalue weighted by Crippen LogP contribution is 2.31. The van der Waals surface area contributed by atoms with Crippen molar-refractivity contribution in [2.75, 3.05) is 13.7 Å². The molecule has 11 heteroatoms. The Bertz CT molecular complexity index is 1910. The Morgan fingerprint density at radius 2 is 1.79 bits per heavy atom. The summed E-state index contributed by atoms with van der Waals surface area (Å²) >= 11 is 1.24. The maximum absolute atomic E-state index is 13.9. The highest BCUT2D eigenvalue weighted by atomic mass is 32.1. The van der Waals surface area contributed by atoms with Crippen molar-refractivity contribution >= 4 is 29.1 Å². The molecule has 0 unspecified atom stereocenters. The molecule has 0 fully saturated rings. The molecule has 220 valence electrons. The molecule has 1 aromatic heterocycles. The van der Waals surface area contributed by atoms with Crippen LogP contribution in [-0.4, -0.2) is 29.2 Å². The van der Waals surface area contributed by atoms with Crippen LogP contribution in [-0.2, 0) is 16.1 Å². The first-order valence-electron chi connectivity index (χ1n) is 13.5. The molecule has 3 aromatic carbocycles. The number of carbonyl (C=O) groups is 1. The number of nitro groups is 1. The third kappa shape index (κ3) is 6.12. The molecule has 1 aliphatic rings. The Balaban J connectivity index is 1.50. The molecule has 4 aromatic rings. The topological polar surface area (TPSA) is 122 Å². The highest BCUT2D eigenvalue weighted by Gasteiger charge is 2.33. The maximum Gasteiger partial charge on any atom is 0.338 e. The zero-order valence-corrected chi connectivity index (χ0v) is 24.8. The Hall–Kier alpha value is -5.03. The first-order valence-corrected chi connectivity index (χ1v) is 14.3. The van der Waals surface area contributed by atoms with Crippen molar-refractivity contribution < 1.29 is 23.9 Å². The molecule has 2 heterocycles. The lowest BCUT2D eigenvalue weighted by atomic mass is 9.95. The smallest absolute Gasteiger partial charge is 0.338 e. The van der Waals surface area contributed by atoms with E-state index in [0.717, 1.165) is 16.7 Å². The number of thiazole rings is 1. The van der Waals surface area contributed by atoms with Crippen LogP contribution in [0, 0.1) is 17.0 Å². The van der Waals surface area contributed by atoms with E-state index in [1.165, 1.54) is 30.6 Å². The van der Waals surface area contributed by atoms with Gasteiger partial charge in [0.25, 0.3) is 11.2 Å². The van der Waals surface area contributed by atoms with Gasteiger partial charge in [-0.15, -0.1) is 0 Å². The molecular weight excluding hydrogens is 570 g/mol. The van der Waals surface area contributed by atoms with Crippen LogP contribution in [0.3, 0.4) is 0 Å². The molecule has 0 bridgehead atoms. The monoisotopic (exact) mass is 599 g/mol. The minimum atomic E-state index is -0.678. The van der Waals surface area contributed by atoms with E-state index in [0.29, 0.717) is 37.7 Å². The van der Waals surface area contributed by atoms with Gasteiger partial charge in [0.05, 0.1) is 40.5 Å². The molecule has 0 N–H and O–H groups in total. The number of hydrogen-bond acceptors (Lipinski definition) is 9. The summed E-state index contributed by atoms with van der Waals surface area (Å²) in [4.78, 5) is 42.5. The summed E-state index contributed by atoms with van der Waals surface area (Å²) in [5.41, 5.74) is 3.88. The molecule has 0 radical (unpaired) electrons. The second-order valence-corrected chi connectivity index (χ2v) is 10.8. The third-order valence-electron chi connectivity index (χ3n) is 6.94. The average Bonchev–Trinajstić information content (AvgIpc) is 3.30. The number of aromatic nitrogens is 1. The molecule has 0 saturated heterocycles. The molecular formula is C32H29N3O7S. The van der Waals surface area contributed by atoms with Crippen LogP contribution in [0.2, 0.25) is 0 Å². The van der Waals surface area contributed by atoms with Crippen LogP contribution in [0.4, 0.5) is 5.69 Å². The molecule has 1 atom stereocenters. The zero-order chi connectivity index (χ0) is 30.7. The molecule has 0 saturated carbocycles. The van der Waals surface area contributed by atoms with Gasteiger partial charge < -0.3 is 14.2 Å². The Labute approximate surface area is 251 Å². The highest BCUT2D eigenvalue weighted by molar-refractivity contribution is 7.07. The summed E-state index contributed by atoms with van der Waals surface area (Å²) in [5, 5.41) is 10.9. The zero-order valence-electron chi connectivity index (χ0n) is 24.0. The van der Waals surface area contributed by atoms with E-state index < -0.39 is 16.9 Å². The van der Waals surface area contributed by atoms with Crippen molar-refractivity contribution in [2.24, 2.45) is 4.99 Å². The van der Waals surface area contributed by atoms with E-state index >= 15 is 0 Å². The Morgan fingerprint density at radius 1 is 1.07 bits per heavy atom. The first-order chi connectivity index (χ1) is 20.7. The summed E-state index contributed by atoms with van der Waals surface area (Å²) in [6, 6.07) is 18.5. The van der Waals surface area contributed by atoms with Gasteiger partial charge in [0.2, 0.25) is 0 Å². The summed E-state index contributed by atoms with van der Waals surface area (Å²) in [5.74, 6) is 0.438. The number of nitro benzene ring substituents is 1. The van der Waals surface area contributed by atoms with Crippen LogP contribution in [0.25, 0.3) is 6.08 Å². The van der Waals surface area contributed by atoms with Crippen molar-refractivity contribution in [2.45, 2.75) is 33.4 Å². The minimum Gasteiger partial charge on any atom is -0.493 e. The fraction of sp³-hybridized carbons (Fsp3) is 0.219. The van der Waals surface area contributed by atoms with E-state index in [2.05, 4.69) is 4.99 Å². The van der Waals surface area contributed by atoms with Crippen LogP contribution in [0.1, 0.15) is 42.1 Å². The quantitative estimate of drug-likeness (QED) is 0.157. The molecule has 0 amide bonds. The second-order valence-electron chi connectivity index (χ2n) is 9.84. The van der Waals surface area contributed by atoms with E-state index in [1.54, 1.807) is 54.8 Å². The normalized spacial score (nSPS) is 14.6. The number of allylic oxidation sites excluding steroid dienone is 1. The van der Waals surface area contributed by atoms with E-state index in [4.69, 9.17) is 14.2 Å². The molecule has 43 heavy (non-hydrogen) atoms. The Kier molecular flexibility index (Phi) is 8.53. The fourth-order valence-electron chi connectivity index (χ4n) is 4.78. The lowest BCUT2D eigenvalue weighted by molar-refractivity contribution is -0.384. The summed E-state index contributed by atoms with van der Waals surface area (Å²) < 4.78 is 18.8. The van der Waals surface area contributed by atoms with Crippen LogP contribution < -0.4 is 24.4 Å². The fourth-order valence-corrected chi connectivity index (χ4v) is 5.82. The number of esters is 1. The number of benzene rings is 3. The Morgan fingerprint density at radius 3 is 2.44 bits per heavy atom. The number of rotatable bonds is 9. The predicted octanol–water partition coefficient (Wildman–Crippen LogP) is 4.60. The average molecular weight is 600 g/mol.